The first kappa shape index (κ1) is 10.9. The Labute approximate surface area is 90.0 Å². The molecule has 1 saturated carbocycles. The van der Waals surface area contributed by atoms with Crippen LogP contribution in [0, 0.1) is 5.41 Å². The second kappa shape index (κ2) is 3.76. The molecular weight excluding hydrogens is 194 g/mol. The zero-order chi connectivity index (χ0) is 11.1. The van der Waals surface area contributed by atoms with Gasteiger partial charge in [0.1, 0.15) is 0 Å². The molecule has 1 aliphatic carbocycles. The van der Waals surface area contributed by atoms with Gasteiger partial charge in [-0.1, -0.05) is 13.8 Å². The number of nitrogens with one attached hydrogen (secondary N) is 1. The van der Waals surface area contributed by atoms with E-state index < -0.39 is 12.1 Å². The summed E-state index contributed by atoms with van der Waals surface area (Å²) in [5, 5.41) is 12.2. The van der Waals surface area contributed by atoms with E-state index in [9.17, 15) is 4.79 Å². The van der Waals surface area contributed by atoms with Gasteiger partial charge in [0.2, 0.25) is 0 Å². The second-order valence-electron chi connectivity index (χ2n) is 5.32. The summed E-state index contributed by atoms with van der Waals surface area (Å²) < 4.78 is 5.41. The van der Waals surface area contributed by atoms with Crippen molar-refractivity contribution in [3.05, 3.63) is 0 Å². The van der Waals surface area contributed by atoms with Crippen LogP contribution in [0.25, 0.3) is 0 Å². The minimum atomic E-state index is -0.829. The highest BCUT2D eigenvalue weighted by Gasteiger charge is 2.45. The molecule has 3 unspecified atom stereocenters. The van der Waals surface area contributed by atoms with Crippen molar-refractivity contribution in [3.8, 4) is 0 Å². The monoisotopic (exact) mass is 213 g/mol. The van der Waals surface area contributed by atoms with Gasteiger partial charge in [-0.3, -0.25) is 0 Å². The molecule has 4 nitrogen and oxygen atoms in total. The molecule has 0 amide bonds. The molecule has 0 aromatic heterocycles. The van der Waals surface area contributed by atoms with Crippen molar-refractivity contribution in [1.82, 2.24) is 5.32 Å². The van der Waals surface area contributed by atoms with E-state index in [0.717, 1.165) is 13.0 Å². The van der Waals surface area contributed by atoms with Crippen molar-refractivity contribution in [2.75, 3.05) is 6.54 Å². The first-order valence-electron chi connectivity index (χ1n) is 5.61. The summed E-state index contributed by atoms with van der Waals surface area (Å²) in [4.78, 5) is 10.7. The summed E-state index contributed by atoms with van der Waals surface area (Å²) in [5.41, 5.74) is 0.421. The Morgan fingerprint density at radius 1 is 1.53 bits per heavy atom. The van der Waals surface area contributed by atoms with Gasteiger partial charge in [0.05, 0.1) is 6.10 Å². The third-order valence-electron chi connectivity index (χ3n) is 3.49. The van der Waals surface area contributed by atoms with Crippen molar-refractivity contribution in [3.63, 3.8) is 0 Å². The SMILES string of the molecule is CC1(C)CC1NCC1CCC(C(=O)O)O1. The number of ether oxygens (including phenoxy) is 1. The predicted octanol–water partition coefficient (Wildman–Crippen LogP) is 1.01. The van der Waals surface area contributed by atoms with Crippen LogP contribution in [0.4, 0.5) is 0 Å². The largest absolute Gasteiger partial charge is 0.479 e. The lowest BCUT2D eigenvalue weighted by Crippen LogP contribution is -2.31. The maximum Gasteiger partial charge on any atom is 0.332 e. The van der Waals surface area contributed by atoms with E-state index in [4.69, 9.17) is 9.84 Å². The van der Waals surface area contributed by atoms with Crippen LogP contribution in [0.2, 0.25) is 0 Å². The van der Waals surface area contributed by atoms with Crippen molar-refractivity contribution in [2.24, 2.45) is 5.41 Å². The standard InChI is InChI=1S/C11H19NO3/c1-11(2)5-9(11)12-6-7-3-4-8(15-7)10(13)14/h7-9,12H,3-6H2,1-2H3,(H,13,14). The number of hydrogen-bond donors (Lipinski definition) is 2. The van der Waals surface area contributed by atoms with Gasteiger partial charge in [0.15, 0.2) is 6.10 Å². The van der Waals surface area contributed by atoms with E-state index in [2.05, 4.69) is 19.2 Å². The lowest BCUT2D eigenvalue weighted by Gasteiger charge is -2.13. The molecule has 0 radical (unpaired) electrons. The Balaban J connectivity index is 1.67. The zero-order valence-corrected chi connectivity index (χ0v) is 9.32. The van der Waals surface area contributed by atoms with E-state index in [-0.39, 0.29) is 6.10 Å². The van der Waals surface area contributed by atoms with E-state index in [1.54, 1.807) is 0 Å². The molecule has 0 bridgehead atoms. The Morgan fingerprint density at radius 2 is 2.20 bits per heavy atom. The molecule has 2 aliphatic rings. The molecule has 15 heavy (non-hydrogen) atoms. The van der Waals surface area contributed by atoms with E-state index in [1.165, 1.54) is 6.42 Å². The van der Waals surface area contributed by atoms with E-state index in [1.807, 2.05) is 0 Å². The number of carboxylic acid groups (broad SMARTS) is 1. The summed E-state index contributed by atoms with van der Waals surface area (Å²) in [6, 6.07) is 0.588. The van der Waals surface area contributed by atoms with E-state index >= 15 is 0 Å². The van der Waals surface area contributed by atoms with Crippen molar-refractivity contribution < 1.29 is 14.6 Å². The van der Waals surface area contributed by atoms with Crippen LogP contribution in [0.1, 0.15) is 33.1 Å². The van der Waals surface area contributed by atoms with Crippen LogP contribution in [-0.4, -0.2) is 35.9 Å². The third kappa shape index (κ3) is 2.49. The van der Waals surface area contributed by atoms with Gasteiger partial charge in [-0.05, 0) is 24.7 Å². The Bertz CT molecular complexity index is 265. The molecule has 1 saturated heterocycles. The average molecular weight is 213 g/mol. The smallest absolute Gasteiger partial charge is 0.332 e. The highest BCUT2D eigenvalue weighted by atomic mass is 16.5. The summed E-state index contributed by atoms with van der Waals surface area (Å²) >= 11 is 0. The van der Waals surface area contributed by atoms with Crippen LogP contribution in [0.3, 0.4) is 0 Å². The highest BCUT2D eigenvalue weighted by Crippen LogP contribution is 2.44. The topological polar surface area (TPSA) is 58.6 Å². The second-order valence-corrected chi connectivity index (χ2v) is 5.32. The summed E-state index contributed by atoms with van der Waals surface area (Å²) in [6.07, 6.45) is 2.22. The lowest BCUT2D eigenvalue weighted by molar-refractivity contribution is -0.149. The average Bonchev–Trinajstić information content (AvgIpc) is 2.63. The molecule has 2 fully saturated rings. The normalized spacial score (nSPS) is 37.9. The first-order chi connectivity index (χ1) is 6.99. The first-order valence-corrected chi connectivity index (χ1v) is 5.61. The van der Waals surface area contributed by atoms with Gasteiger partial charge >= 0.3 is 5.97 Å². The number of rotatable bonds is 4. The van der Waals surface area contributed by atoms with Crippen molar-refractivity contribution in [2.45, 2.75) is 51.4 Å². The zero-order valence-electron chi connectivity index (χ0n) is 9.32. The Morgan fingerprint density at radius 3 is 2.67 bits per heavy atom. The number of carboxylic acids is 1. The van der Waals surface area contributed by atoms with Crippen LogP contribution in [-0.2, 0) is 9.53 Å². The number of carbonyl (C=O) groups is 1. The van der Waals surface area contributed by atoms with Crippen LogP contribution in [0.5, 0.6) is 0 Å². The fourth-order valence-corrected chi connectivity index (χ4v) is 2.13. The molecule has 4 heteroatoms. The van der Waals surface area contributed by atoms with Gasteiger partial charge in [-0.15, -0.1) is 0 Å². The quantitative estimate of drug-likeness (QED) is 0.731. The Kier molecular flexibility index (Phi) is 2.73. The van der Waals surface area contributed by atoms with Crippen molar-refractivity contribution in [1.29, 1.82) is 0 Å². The number of aliphatic carboxylic acids is 1. The summed E-state index contributed by atoms with van der Waals surface area (Å²) in [5.74, 6) is -0.829. The maximum atomic E-state index is 10.7. The fraction of sp³-hybridized carbons (Fsp3) is 0.909. The van der Waals surface area contributed by atoms with Crippen LogP contribution < -0.4 is 5.32 Å². The molecular formula is C11H19NO3. The lowest BCUT2D eigenvalue weighted by atomic mass is 10.1. The van der Waals surface area contributed by atoms with Gasteiger partial charge in [0.25, 0.3) is 0 Å². The molecule has 0 aromatic rings. The molecule has 1 heterocycles. The van der Waals surface area contributed by atoms with Gasteiger partial charge in [-0.25, -0.2) is 4.79 Å². The van der Waals surface area contributed by atoms with Gasteiger partial charge < -0.3 is 15.2 Å². The highest BCUT2D eigenvalue weighted by molar-refractivity contribution is 5.72. The minimum Gasteiger partial charge on any atom is -0.479 e. The maximum absolute atomic E-state index is 10.7. The molecule has 0 spiro atoms. The van der Waals surface area contributed by atoms with Gasteiger partial charge in [-0.2, -0.15) is 0 Å². The predicted molar refractivity (Wildman–Crippen MR) is 55.7 cm³/mol. The minimum absolute atomic E-state index is 0.0856. The Hall–Kier alpha value is -0.610. The van der Waals surface area contributed by atoms with Crippen LogP contribution >= 0.6 is 0 Å². The molecule has 1 aliphatic heterocycles. The molecule has 2 N–H and O–H groups in total. The third-order valence-corrected chi connectivity index (χ3v) is 3.49. The van der Waals surface area contributed by atoms with E-state index in [0.29, 0.717) is 17.9 Å². The molecule has 86 valence electrons. The molecule has 3 atom stereocenters. The molecule has 0 aromatic carbocycles. The van der Waals surface area contributed by atoms with Gasteiger partial charge in [0, 0.05) is 12.6 Å². The summed E-state index contributed by atoms with van der Waals surface area (Å²) in [6.45, 7) is 5.26. The fourth-order valence-electron chi connectivity index (χ4n) is 2.13. The van der Waals surface area contributed by atoms with Crippen LogP contribution in [0.15, 0.2) is 0 Å². The van der Waals surface area contributed by atoms with Crippen molar-refractivity contribution >= 4 is 5.97 Å². The summed E-state index contributed by atoms with van der Waals surface area (Å²) in [7, 11) is 0. The number of hydrogen-bond acceptors (Lipinski definition) is 3. The molecule has 2 rings (SSSR count).